The Hall–Kier alpha value is -1.38. The van der Waals surface area contributed by atoms with Crippen LogP contribution >= 0.6 is 11.3 Å². The van der Waals surface area contributed by atoms with E-state index < -0.39 is 12.2 Å². The van der Waals surface area contributed by atoms with Crippen LogP contribution in [0.4, 0.5) is 9.80 Å². The number of unbranched alkanes of at least 4 members (excludes halogenated alkanes) is 4. The maximum Gasteiger partial charge on any atom is 0.412 e. The van der Waals surface area contributed by atoms with Crippen molar-refractivity contribution in [1.29, 1.82) is 0 Å². The molecule has 3 N–H and O–H groups in total. The molecule has 0 saturated carbocycles. The average Bonchev–Trinajstić information content (AvgIpc) is 3.01. The summed E-state index contributed by atoms with van der Waals surface area (Å²) >= 11 is 1.20. The predicted octanol–water partition coefficient (Wildman–Crippen LogP) is 3.79. The molecule has 150 valence electrons. The predicted molar refractivity (Wildman–Crippen MR) is 105 cm³/mol. The number of carbonyl (C=O) groups excluding carboxylic acids is 1. The first-order valence-corrected chi connectivity index (χ1v) is 10.1. The van der Waals surface area contributed by atoms with Crippen molar-refractivity contribution in [2.45, 2.75) is 71.4 Å². The quantitative estimate of drug-likeness (QED) is 0.473. The van der Waals surface area contributed by atoms with Crippen molar-refractivity contribution in [2.24, 2.45) is 0 Å². The number of aromatic nitrogens is 1. The summed E-state index contributed by atoms with van der Waals surface area (Å²) in [7, 11) is 0. The van der Waals surface area contributed by atoms with Crippen molar-refractivity contribution in [1.82, 2.24) is 10.3 Å². The Morgan fingerprint density at radius 2 is 2.04 bits per heavy atom. The van der Waals surface area contributed by atoms with E-state index >= 15 is 0 Å². The van der Waals surface area contributed by atoms with Gasteiger partial charge in [-0.1, -0.05) is 43.9 Å². The molecule has 7 nitrogen and oxygen atoms in total. The van der Waals surface area contributed by atoms with E-state index in [0.29, 0.717) is 23.3 Å². The minimum atomic E-state index is -0.632. The van der Waals surface area contributed by atoms with Gasteiger partial charge in [0.2, 0.25) is 0 Å². The molecule has 0 aliphatic carbocycles. The van der Waals surface area contributed by atoms with E-state index in [1.807, 2.05) is 20.8 Å². The standard InChI is InChI=1S/C18H33N3O4S/c1-5-6-7-8-9-10-24-16(23)21-15-12-19-17(26-15)25-13-14(22)11-20-18(2,3)4/h12,14,20,22H,5-11,13H2,1-4H3,(H,21,23). The highest BCUT2D eigenvalue weighted by atomic mass is 32.1. The topological polar surface area (TPSA) is 92.7 Å². The minimum Gasteiger partial charge on any atom is -0.467 e. The summed E-state index contributed by atoms with van der Waals surface area (Å²) in [6, 6.07) is 0. The van der Waals surface area contributed by atoms with Gasteiger partial charge < -0.3 is 19.9 Å². The van der Waals surface area contributed by atoms with Crippen LogP contribution in [-0.4, -0.2) is 47.6 Å². The fourth-order valence-corrected chi connectivity index (χ4v) is 2.70. The Bertz CT molecular complexity index is 517. The lowest BCUT2D eigenvalue weighted by molar-refractivity contribution is 0.0999. The van der Waals surface area contributed by atoms with Crippen LogP contribution in [0.15, 0.2) is 6.20 Å². The van der Waals surface area contributed by atoms with Gasteiger partial charge >= 0.3 is 6.09 Å². The maximum absolute atomic E-state index is 11.7. The van der Waals surface area contributed by atoms with Gasteiger partial charge in [0.05, 0.1) is 12.8 Å². The van der Waals surface area contributed by atoms with Gasteiger partial charge in [-0.05, 0) is 27.2 Å². The third kappa shape index (κ3) is 11.3. The van der Waals surface area contributed by atoms with Crippen molar-refractivity contribution < 1.29 is 19.4 Å². The Morgan fingerprint density at radius 3 is 2.73 bits per heavy atom. The average molecular weight is 388 g/mol. The SMILES string of the molecule is CCCCCCCOC(=O)Nc1cnc(OCC(O)CNC(C)(C)C)s1. The van der Waals surface area contributed by atoms with Crippen LogP contribution < -0.4 is 15.4 Å². The first-order valence-electron chi connectivity index (χ1n) is 9.25. The Balaban J connectivity index is 2.20. The number of ether oxygens (including phenoxy) is 2. The first kappa shape index (κ1) is 22.7. The lowest BCUT2D eigenvalue weighted by Crippen LogP contribution is -2.42. The fraction of sp³-hybridized carbons (Fsp3) is 0.778. The molecule has 1 amide bonds. The summed E-state index contributed by atoms with van der Waals surface area (Å²) in [5.41, 5.74) is -0.0599. The molecular formula is C18H33N3O4S. The molecule has 1 rings (SSSR count). The number of hydrogen-bond acceptors (Lipinski definition) is 7. The zero-order valence-electron chi connectivity index (χ0n) is 16.3. The van der Waals surface area contributed by atoms with Crippen molar-refractivity contribution >= 4 is 22.4 Å². The van der Waals surface area contributed by atoms with Crippen molar-refractivity contribution in [3.05, 3.63) is 6.20 Å². The number of amides is 1. The van der Waals surface area contributed by atoms with Gasteiger partial charge in [0.15, 0.2) is 0 Å². The molecule has 1 aromatic rings. The molecular weight excluding hydrogens is 354 g/mol. The molecule has 0 bridgehead atoms. The van der Waals surface area contributed by atoms with Gasteiger partial charge in [-0.3, -0.25) is 5.32 Å². The molecule has 0 aliphatic heterocycles. The number of nitrogens with zero attached hydrogens (tertiary/aromatic N) is 1. The molecule has 8 heteroatoms. The van der Waals surface area contributed by atoms with Gasteiger partial charge in [0, 0.05) is 12.1 Å². The number of hydrogen-bond donors (Lipinski definition) is 3. The van der Waals surface area contributed by atoms with E-state index in [4.69, 9.17) is 9.47 Å². The Kier molecular flexibility index (Phi) is 10.5. The van der Waals surface area contributed by atoms with E-state index in [2.05, 4.69) is 22.5 Å². The molecule has 26 heavy (non-hydrogen) atoms. The van der Waals surface area contributed by atoms with E-state index in [1.54, 1.807) is 0 Å². The third-order valence-electron chi connectivity index (χ3n) is 3.46. The molecule has 1 atom stereocenters. The highest BCUT2D eigenvalue weighted by Gasteiger charge is 2.14. The van der Waals surface area contributed by atoms with Crippen molar-refractivity contribution in [3.8, 4) is 5.19 Å². The number of aliphatic hydroxyl groups excluding tert-OH is 1. The third-order valence-corrected chi connectivity index (χ3v) is 4.28. The second-order valence-corrected chi connectivity index (χ2v) is 8.25. The molecule has 1 aromatic heterocycles. The molecule has 1 heterocycles. The van der Waals surface area contributed by atoms with Gasteiger partial charge in [-0.25, -0.2) is 9.78 Å². The van der Waals surface area contributed by atoms with Crippen LogP contribution in [-0.2, 0) is 4.74 Å². The number of β-amino-alcohol motifs (C(OH)–C–C–N with tert-alkyl or cyclic N) is 1. The van der Waals surface area contributed by atoms with Gasteiger partial charge in [-0.15, -0.1) is 0 Å². The van der Waals surface area contributed by atoms with Crippen LogP contribution in [0.1, 0.15) is 59.8 Å². The lowest BCUT2D eigenvalue weighted by Gasteiger charge is -2.22. The Labute approximate surface area is 160 Å². The van der Waals surface area contributed by atoms with Crippen LogP contribution in [0.3, 0.4) is 0 Å². The highest BCUT2D eigenvalue weighted by Crippen LogP contribution is 2.25. The van der Waals surface area contributed by atoms with E-state index in [1.165, 1.54) is 36.8 Å². The zero-order valence-corrected chi connectivity index (χ0v) is 17.2. The number of nitrogens with one attached hydrogen (secondary N) is 2. The van der Waals surface area contributed by atoms with Gasteiger partial charge in [0.25, 0.3) is 5.19 Å². The number of aliphatic hydroxyl groups is 1. The molecule has 0 saturated heterocycles. The van der Waals surface area contributed by atoms with Gasteiger partial charge in [0.1, 0.15) is 17.7 Å². The Morgan fingerprint density at radius 1 is 1.31 bits per heavy atom. The molecule has 0 aliphatic rings. The summed E-state index contributed by atoms with van der Waals surface area (Å²) < 4.78 is 10.6. The zero-order chi connectivity index (χ0) is 19.4. The van der Waals surface area contributed by atoms with Crippen LogP contribution in [0.2, 0.25) is 0 Å². The molecule has 0 radical (unpaired) electrons. The summed E-state index contributed by atoms with van der Waals surface area (Å²) in [6.45, 7) is 9.25. The molecule has 0 spiro atoms. The van der Waals surface area contributed by atoms with E-state index in [-0.39, 0.29) is 12.1 Å². The summed E-state index contributed by atoms with van der Waals surface area (Å²) in [5, 5.41) is 16.7. The second-order valence-electron chi connectivity index (χ2n) is 7.26. The minimum absolute atomic E-state index is 0.0599. The number of rotatable bonds is 12. The lowest BCUT2D eigenvalue weighted by atomic mass is 10.1. The monoisotopic (exact) mass is 387 g/mol. The molecule has 0 fully saturated rings. The molecule has 0 aromatic carbocycles. The van der Waals surface area contributed by atoms with Gasteiger partial charge in [-0.2, -0.15) is 0 Å². The van der Waals surface area contributed by atoms with Crippen molar-refractivity contribution in [3.63, 3.8) is 0 Å². The fourth-order valence-electron chi connectivity index (χ4n) is 2.04. The second kappa shape index (κ2) is 12.1. The van der Waals surface area contributed by atoms with Crippen LogP contribution in [0, 0.1) is 0 Å². The number of thiazole rings is 1. The molecule has 1 unspecified atom stereocenters. The first-order chi connectivity index (χ1) is 12.3. The summed E-state index contributed by atoms with van der Waals surface area (Å²) in [5.74, 6) is 0. The van der Waals surface area contributed by atoms with E-state index in [9.17, 15) is 9.90 Å². The largest absolute Gasteiger partial charge is 0.467 e. The van der Waals surface area contributed by atoms with Crippen LogP contribution in [0.25, 0.3) is 0 Å². The normalized spacial score (nSPS) is 12.7. The number of carbonyl (C=O) groups is 1. The maximum atomic E-state index is 11.7. The summed E-state index contributed by atoms with van der Waals surface area (Å²) in [4.78, 5) is 15.8. The summed E-state index contributed by atoms with van der Waals surface area (Å²) in [6.07, 6.45) is 5.95. The van der Waals surface area contributed by atoms with E-state index in [0.717, 1.165) is 12.8 Å². The highest BCUT2D eigenvalue weighted by molar-refractivity contribution is 7.17. The smallest absolute Gasteiger partial charge is 0.412 e. The van der Waals surface area contributed by atoms with Crippen LogP contribution in [0.5, 0.6) is 5.19 Å². The number of anilines is 1. The van der Waals surface area contributed by atoms with Crippen molar-refractivity contribution in [2.75, 3.05) is 25.1 Å².